The molecule has 0 aliphatic carbocycles. The molecular formula is C25H27BN3OP3S2. The number of carbonyl (C=O) groups excluding carboxylic acids is 1. The molecule has 1 N–H and O–H groups in total. The summed E-state index contributed by atoms with van der Waals surface area (Å²) in [6.07, 6.45) is 2.14. The van der Waals surface area contributed by atoms with Crippen molar-refractivity contribution in [2.45, 2.75) is 26.7 Å². The second-order valence-electron chi connectivity index (χ2n) is 8.31. The van der Waals surface area contributed by atoms with Crippen molar-refractivity contribution in [3.05, 3.63) is 53.6 Å². The highest BCUT2D eigenvalue weighted by Gasteiger charge is 2.26. The summed E-state index contributed by atoms with van der Waals surface area (Å²) in [5.74, 6) is -0.297. The van der Waals surface area contributed by atoms with Crippen LogP contribution in [0.25, 0.3) is 20.8 Å². The first kappa shape index (κ1) is 26.6. The Kier molecular flexibility index (Phi) is 8.57. The van der Waals surface area contributed by atoms with Gasteiger partial charge in [0.05, 0.1) is 15.9 Å². The van der Waals surface area contributed by atoms with Gasteiger partial charge in [0, 0.05) is 28.7 Å². The summed E-state index contributed by atoms with van der Waals surface area (Å²) in [6.45, 7) is 5.01. The van der Waals surface area contributed by atoms with Crippen molar-refractivity contribution in [2.75, 3.05) is 16.2 Å². The largest absolute Gasteiger partial charge is 0.384 e. The van der Waals surface area contributed by atoms with E-state index in [1.807, 2.05) is 49.4 Å². The zero-order chi connectivity index (χ0) is 25.3. The van der Waals surface area contributed by atoms with Crippen LogP contribution in [0.2, 0.25) is 0 Å². The number of nitrogens with zero attached hydrogens (tertiary/aromatic N) is 2. The molecule has 3 unspecified atom stereocenters. The smallest absolute Gasteiger partial charge is 0.268 e. The lowest BCUT2D eigenvalue weighted by molar-refractivity contribution is 0.101. The van der Waals surface area contributed by atoms with Crippen LogP contribution in [0.15, 0.2) is 42.5 Å². The van der Waals surface area contributed by atoms with Gasteiger partial charge < -0.3 is 5.32 Å². The van der Waals surface area contributed by atoms with Crippen molar-refractivity contribution in [2.24, 2.45) is 0 Å². The van der Waals surface area contributed by atoms with Crippen molar-refractivity contribution in [1.82, 2.24) is 4.98 Å². The zero-order valence-corrected chi connectivity index (χ0v) is 24.8. The first-order valence-electron chi connectivity index (χ1n) is 11.2. The highest BCUT2D eigenvalue weighted by Crippen LogP contribution is 2.38. The van der Waals surface area contributed by atoms with Gasteiger partial charge in [-0.25, -0.2) is 4.98 Å². The number of rotatable bonds is 7. The Balaban J connectivity index is 1.77. The molecule has 0 saturated heterocycles. The topological polar surface area (TPSA) is 45.2 Å². The molecule has 0 aliphatic rings. The van der Waals surface area contributed by atoms with E-state index >= 15 is 0 Å². The van der Waals surface area contributed by atoms with Gasteiger partial charge in [-0.3, -0.25) is 9.10 Å². The molecule has 1 aromatic heterocycles. The Morgan fingerprint density at radius 2 is 1.89 bits per heavy atom. The number of amides is 1. The Labute approximate surface area is 224 Å². The molecule has 4 nitrogen and oxygen atoms in total. The van der Waals surface area contributed by atoms with Crippen molar-refractivity contribution < 1.29 is 4.79 Å². The number of carbonyl (C=O) groups is 1. The lowest BCUT2D eigenvalue weighted by atomic mass is 9.88. The fourth-order valence-electron chi connectivity index (χ4n) is 3.85. The summed E-state index contributed by atoms with van der Waals surface area (Å²) in [4.78, 5) is 18.6. The summed E-state index contributed by atoms with van der Waals surface area (Å²) in [6, 6.07) is 13.9. The van der Waals surface area contributed by atoms with E-state index in [4.69, 9.17) is 12.8 Å². The van der Waals surface area contributed by atoms with Crippen LogP contribution in [-0.2, 0) is 0 Å². The summed E-state index contributed by atoms with van der Waals surface area (Å²) in [5, 5.41) is 6.69. The fraction of sp³-hybridized carbons (Fsp3) is 0.200. The molecule has 10 heteroatoms. The molecule has 4 aromatic rings. The molecule has 2 radical (unpaired) electrons. The molecule has 0 bridgehead atoms. The SMILES string of the molecule is [B]c1c(P)c(NCCCC)c(P)c(P)c1C(=O)N(S)c1ccc(C)cc1-c1nc2ccccc2s1. The van der Waals surface area contributed by atoms with Crippen LogP contribution in [0.4, 0.5) is 11.4 Å². The predicted molar refractivity (Wildman–Crippen MR) is 169 cm³/mol. The Hall–Kier alpha value is -1.48. The maximum atomic E-state index is 13.8. The number of fused-ring (bicyclic) bond motifs is 1. The minimum Gasteiger partial charge on any atom is -0.384 e. The number of aryl methyl sites for hydroxylation is 1. The lowest BCUT2D eigenvalue weighted by Crippen LogP contribution is -2.43. The van der Waals surface area contributed by atoms with Gasteiger partial charge in [0.2, 0.25) is 0 Å². The average molecular weight is 553 g/mol. The van der Waals surface area contributed by atoms with Gasteiger partial charge in [-0.2, -0.15) is 0 Å². The zero-order valence-electron chi connectivity index (χ0n) is 19.6. The minimum atomic E-state index is -0.297. The van der Waals surface area contributed by atoms with Crippen molar-refractivity contribution in [3.8, 4) is 10.6 Å². The molecule has 3 aromatic carbocycles. The first-order chi connectivity index (χ1) is 16.7. The summed E-state index contributed by atoms with van der Waals surface area (Å²) < 4.78 is 2.47. The molecule has 35 heavy (non-hydrogen) atoms. The van der Waals surface area contributed by atoms with E-state index < -0.39 is 0 Å². The van der Waals surface area contributed by atoms with Gasteiger partial charge in [0.25, 0.3) is 5.91 Å². The number of benzene rings is 3. The molecule has 0 aliphatic heterocycles. The maximum absolute atomic E-state index is 13.8. The number of thiazole rings is 1. The van der Waals surface area contributed by atoms with Crippen molar-refractivity contribution in [1.29, 1.82) is 0 Å². The summed E-state index contributed by atoms with van der Waals surface area (Å²) >= 11 is 6.26. The van der Waals surface area contributed by atoms with Crippen molar-refractivity contribution >= 4 is 109 Å². The molecule has 178 valence electrons. The Morgan fingerprint density at radius 3 is 2.60 bits per heavy atom. The van der Waals surface area contributed by atoms with E-state index in [1.165, 1.54) is 4.31 Å². The number of hydrogen-bond acceptors (Lipinski definition) is 5. The van der Waals surface area contributed by atoms with E-state index in [1.54, 1.807) is 11.3 Å². The normalized spacial score (nSPS) is 11.1. The van der Waals surface area contributed by atoms with Gasteiger partial charge in [-0.15, -0.1) is 39.1 Å². The van der Waals surface area contributed by atoms with E-state index in [0.29, 0.717) is 16.7 Å². The average Bonchev–Trinajstić information content (AvgIpc) is 3.29. The second kappa shape index (κ2) is 11.3. The number of unbranched alkanes of at least 4 members (excludes halogenated alkanes) is 1. The van der Waals surface area contributed by atoms with Crippen LogP contribution >= 0.6 is 51.9 Å². The van der Waals surface area contributed by atoms with Crippen LogP contribution in [0.5, 0.6) is 0 Å². The molecular weight excluding hydrogens is 526 g/mol. The summed E-state index contributed by atoms with van der Waals surface area (Å²) in [5.41, 5.74) is 5.27. The Bertz CT molecular complexity index is 1360. The molecule has 0 fully saturated rings. The molecule has 3 atom stereocenters. The Morgan fingerprint density at radius 1 is 1.14 bits per heavy atom. The first-order valence-corrected chi connectivity index (χ1v) is 14.2. The van der Waals surface area contributed by atoms with Gasteiger partial charge in [-0.1, -0.05) is 55.4 Å². The van der Waals surface area contributed by atoms with Gasteiger partial charge in [0.1, 0.15) is 12.9 Å². The van der Waals surface area contributed by atoms with Gasteiger partial charge in [0.15, 0.2) is 0 Å². The minimum absolute atomic E-state index is 0.297. The predicted octanol–water partition coefficient (Wildman–Crippen LogP) is 4.27. The second-order valence-corrected chi connectivity index (χ2v) is 11.5. The van der Waals surface area contributed by atoms with E-state index in [-0.39, 0.29) is 5.91 Å². The molecule has 0 saturated carbocycles. The highest BCUT2D eigenvalue weighted by atomic mass is 32.1. The van der Waals surface area contributed by atoms with E-state index in [2.05, 4.69) is 52.8 Å². The fourth-order valence-corrected chi connectivity index (χ4v) is 6.51. The molecule has 0 spiro atoms. The van der Waals surface area contributed by atoms with Crippen LogP contribution in [-0.4, -0.2) is 25.3 Å². The number of hydrogen-bond donors (Lipinski definition) is 2. The van der Waals surface area contributed by atoms with Crippen molar-refractivity contribution in [3.63, 3.8) is 0 Å². The highest BCUT2D eigenvalue weighted by molar-refractivity contribution is 7.82. The monoisotopic (exact) mass is 553 g/mol. The number of para-hydroxylation sites is 1. The standard InChI is InChI=1S/C25H27BN3OP3S2/c1-3-4-11-27-20-22(32)19(26)18(21(31)23(20)33)25(30)29(34)16-10-9-13(2)12-14(16)24-28-15-7-5-6-8-17(15)35-24/h5-10,12,27,34H,3-4,11,31-33H2,1-2H3. The quantitative estimate of drug-likeness (QED) is 0.156. The van der Waals surface area contributed by atoms with Gasteiger partial charge >= 0.3 is 0 Å². The third-order valence-electron chi connectivity index (χ3n) is 5.80. The maximum Gasteiger partial charge on any atom is 0.268 e. The van der Waals surface area contributed by atoms with Crippen LogP contribution in [0.3, 0.4) is 0 Å². The van der Waals surface area contributed by atoms with Crippen LogP contribution in [0, 0.1) is 6.92 Å². The number of thiol groups is 1. The van der Waals surface area contributed by atoms with E-state index in [0.717, 1.165) is 67.3 Å². The third kappa shape index (κ3) is 5.31. The third-order valence-corrected chi connectivity index (χ3v) is 9.40. The number of aromatic nitrogens is 1. The van der Waals surface area contributed by atoms with Crippen LogP contribution in [0.1, 0.15) is 35.7 Å². The van der Waals surface area contributed by atoms with Gasteiger partial charge in [-0.05, 0) is 48.2 Å². The summed E-state index contributed by atoms with van der Waals surface area (Å²) in [7, 11) is 14.6. The molecule has 1 heterocycles. The molecule has 1 amide bonds. The number of anilines is 2. The van der Waals surface area contributed by atoms with E-state index in [9.17, 15) is 4.79 Å². The molecule has 4 rings (SSSR count). The number of nitrogens with one attached hydrogen (secondary N) is 1. The lowest BCUT2D eigenvalue weighted by Gasteiger charge is -2.25. The van der Waals surface area contributed by atoms with Crippen LogP contribution < -0.4 is 31.0 Å².